The Morgan fingerprint density at radius 1 is 1.23 bits per heavy atom. The summed E-state index contributed by atoms with van der Waals surface area (Å²) in [6.45, 7) is 6.30. The molecule has 0 bridgehead atoms. The molecule has 3 aromatic rings. The Labute approximate surface area is 192 Å². The highest BCUT2D eigenvalue weighted by atomic mass is 32.2. The average molecular weight is 457 g/mol. The van der Waals surface area contributed by atoms with Gasteiger partial charge in [0.15, 0.2) is 5.82 Å². The van der Waals surface area contributed by atoms with Crippen molar-refractivity contribution in [3.8, 4) is 24.2 Å². The van der Waals surface area contributed by atoms with Crippen molar-refractivity contribution in [2.24, 2.45) is 0 Å². The Balaban J connectivity index is 0.00000132. The molecule has 0 amide bonds. The maximum atomic E-state index is 5.55. The van der Waals surface area contributed by atoms with E-state index in [9.17, 15) is 0 Å². The van der Waals surface area contributed by atoms with Crippen LogP contribution in [0.25, 0.3) is 22.3 Å². The molecule has 2 aromatic heterocycles. The highest BCUT2D eigenvalue weighted by molar-refractivity contribution is 7.99. The van der Waals surface area contributed by atoms with Crippen LogP contribution in [0, 0.1) is 19.8 Å². The van der Waals surface area contributed by atoms with Crippen LogP contribution in [0.5, 0.6) is 0 Å². The Hall–Kier alpha value is -2.25. The number of morpholine rings is 1. The Morgan fingerprint density at radius 3 is 2.74 bits per heavy atom. The van der Waals surface area contributed by atoms with E-state index in [0.717, 1.165) is 77.3 Å². The van der Waals surface area contributed by atoms with E-state index in [-0.39, 0.29) is 0 Å². The topological polar surface area (TPSA) is 70.2 Å². The van der Waals surface area contributed by atoms with E-state index < -0.39 is 0 Å². The smallest absolute Gasteiger partial charge is 0.163 e. The van der Waals surface area contributed by atoms with Crippen molar-refractivity contribution >= 4 is 40.4 Å². The van der Waals surface area contributed by atoms with Crippen LogP contribution in [0.3, 0.4) is 0 Å². The van der Waals surface area contributed by atoms with Crippen molar-refractivity contribution in [2.45, 2.75) is 11.9 Å². The number of nitrogens with one attached hydrogen (secondary N) is 1. The molecule has 31 heavy (non-hydrogen) atoms. The molecule has 0 atom stereocenters. The third kappa shape index (κ3) is 5.52. The molecule has 0 radical (unpaired) electrons. The minimum atomic E-state index is 0.733. The number of fused-ring (bicyclic) bond motifs is 1. The molecule has 1 aromatic carbocycles. The lowest BCUT2D eigenvalue weighted by molar-refractivity contribution is 0.122. The van der Waals surface area contributed by atoms with Gasteiger partial charge >= 0.3 is 0 Å². The minimum absolute atomic E-state index is 0.733. The summed E-state index contributed by atoms with van der Waals surface area (Å²) in [7, 11) is 2.11. The van der Waals surface area contributed by atoms with Crippen LogP contribution in [-0.2, 0) is 4.74 Å². The number of rotatable bonds is 7. The molecule has 0 unspecified atom stereocenters. The van der Waals surface area contributed by atoms with Crippen LogP contribution >= 0.6 is 23.7 Å². The Bertz CT molecular complexity index is 1020. The van der Waals surface area contributed by atoms with Crippen LogP contribution in [0.1, 0.15) is 5.56 Å². The van der Waals surface area contributed by atoms with Gasteiger partial charge in [-0.05, 0) is 26.3 Å². The minimum Gasteiger partial charge on any atom is -0.378 e. The zero-order chi connectivity index (χ0) is 22.2. The van der Waals surface area contributed by atoms with Gasteiger partial charge in [-0.25, -0.2) is 9.97 Å². The summed E-state index contributed by atoms with van der Waals surface area (Å²) in [5, 5.41) is 9.33. The predicted molar refractivity (Wildman–Crippen MR) is 132 cm³/mol. The van der Waals surface area contributed by atoms with E-state index in [1.807, 2.05) is 18.3 Å². The molecule has 3 heterocycles. The van der Waals surface area contributed by atoms with Gasteiger partial charge in [-0.2, -0.15) is 5.10 Å². The summed E-state index contributed by atoms with van der Waals surface area (Å²) in [6, 6.07) is 6.12. The third-order valence-electron chi connectivity index (χ3n) is 5.07. The largest absolute Gasteiger partial charge is 0.378 e. The lowest BCUT2D eigenvalue weighted by atomic mass is 10.1. The second kappa shape index (κ2) is 11.4. The van der Waals surface area contributed by atoms with Gasteiger partial charge in [0.1, 0.15) is 10.8 Å². The second-order valence-corrected chi connectivity index (χ2v) is 8.99. The first-order valence-corrected chi connectivity index (χ1v) is 12.2. The van der Waals surface area contributed by atoms with Crippen LogP contribution in [0.15, 0.2) is 29.4 Å². The number of nitrogens with zero attached hydrogens (tertiary/aromatic N) is 5. The van der Waals surface area contributed by atoms with E-state index >= 15 is 0 Å². The zero-order valence-corrected chi connectivity index (χ0v) is 19.8. The number of aromatic amines is 1. The molecule has 9 heteroatoms. The predicted octanol–water partition coefficient (Wildman–Crippen LogP) is 3.72. The van der Waals surface area contributed by atoms with Gasteiger partial charge in [0.2, 0.25) is 0 Å². The summed E-state index contributed by atoms with van der Waals surface area (Å²) < 4.78 is 7.78. The molecule has 0 spiro atoms. The Kier molecular flexibility index (Phi) is 8.60. The van der Waals surface area contributed by atoms with Gasteiger partial charge in [0.05, 0.1) is 24.9 Å². The zero-order valence-electron chi connectivity index (χ0n) is 18.2. The quantitative estimate of drug-likeness (QED) is 0.250. The monoisotopic (exact) mass is 456 g/mol. The summed E-state index contributed by atoms with van der Waals surface area (Å²) in [5.74, 6) is 2.75. The van der Waals surface area contributed by atoms with E-state index in [0.29, 0.717) is 0 Å². The van der Waals surface area contributed by atoms with Gasteiger partial charge in [-0.1, -0.05) is 24.1 Å². The molecule has 1 aliphatic rings. The van der Waals surface area contributed by atoms with E-state index in [1.165, 1.54) is 0 Å². The molecule has 1 N–H and O–H groups in total. The molecule has 164 valence electrons. The fourth-order valence-corrected chi connectivity index (χ4v) is 4.76. The Morgan fingerprint density at radius 2 is 2.00 bits per heavy atom. The normalized spacial score (nSPS) is 13.9. The van der Waals surface area contributed by atoms with Crippen molar-refractivity contribution in [2.75, 3.05) is 56.8 Å². The van der Waals surface area contributed by atoms with Crippen LogP contribution < -0.4 is 4.90 Å². The number of terminal acetylenes is 1. The van der Waals surface area contributed by atoms with E-state index in [2.05, 4.69) is 58.5 Å². The molecular weight excluding hydrogens is 428 g/mol. The fourth-order valence-electron chi connectivity index (χ4n) is 3.35. The summed E-state index contributed by atoms with van der Waals surface area (Å²) in [5.41, 5.74) is 3.15. The number of H-pyrrole nitrogens is 1. The van der Waals surface area contributed by atoms with Gasteiger partial charge in [-0.15, -0.1) is 24.6 Å². The lowest BCUT2D eigenvalue weighted by Crippen LogP contribution is -2.37. The molecule has 4 rings (SSSR count). The van der Waals surface area contributed by atoms with Crippen molar-refractivity contribution in [3.63, 3.8) is 0 Å². The molecule has 1 saturated heterocycles. The van der Waals surface area contributed by atoms with Crippen molar-refractivity contribution in [3.05, 3.63) is 30.0 Å². The van der Waals surface area contributed by atoms with Crippen molar-refractivity contribution < 1.29 is 4.74 Å². The number of benzene rings is 1. The van der Waals surface area contributed by atoms with Gasteiger partial charge < -0.3 is 9.64 Å². The molecule has 0 saturated carbocycles. The lowest BCUT2D eigenvalue weighted by Gasteiger charge is -2.29. The number of hydrogen-bond acceptors (Lipinski definition) is 8. The standard InChI is InChI=1S/C20H26N6OS2.C2H2/c1-14-19(26-7-10-27-11-8-26)22-18(23-20(14)29-12-9-25(2)28-3)15-5-4-6-17-16(15)13-21-24-17;1-2/h4-6,13H,7-12H2,1-3H3,(H,21,24);1-2H. The molecular formula is C22H28N6OS2. The first-order chi connectivity index (χ1) is 15.2. The summed E-state index contributed by atoms with van der Waals surface area (Å²) in [4.78, 5) is 12.3. The SMILES string of the molecule is C#C.CSN(C)CCSc1nc(-c2cccc3[nH]ncc23)nc(N2CCOCC2)c1C. The van der Waals surface area contributed by atoms with Gasteiger partial charge in [-0.3, -0.25) is 9.40 Å². The van der Waals surface area contributed by atoms with Crippen molar-refractivity contribution in [1.29, 1.82) is 0 Å². The molecule has 7 nitrogen and oxygen atoms in total. The third-order valence-corrected chi connectivity index (χ3v) is 6.93. The summed E-state index contributed by atoms with van der Waals surface area (Å²) in [6.07, 6.45) is 11.9. The maximum absolute atomic E-state index is 5.55. The number of ether oxygens (including phenoxy) is 1. The van der Waals surface area contributed by atoms with Gasteiger partial charge in [0, 0.05) is 41.9 Å². The molecule has 1 fully saturated rings. The first kappa shape index (κ1) is 23.4. The number of hydrogen-bond donors (Lipinski definition) is 1. The number of anilines is 1. The van der Waals surface area contributed by atoms with Crippen LogP contribution in [0.4, 0.5) is 5.82 Å². The first-order valence-electron chi connectivity index (χ1n) is 10.0. The molecule has 0 aliphatic carbocycles. The highest BCUT2D eigenvalue weighted by Gasteiger charge is 2.21. The van der Waals surface area contributed by atoms with E-state index in [4.69, 9.17) is 14.7 Å². The molecule has 1 aliphatic heterocycles. The number of aromatic nitrogens is 4. The maximum Gasteiger partial charge on any atom is 0.163 e. The van der Waals surface area contributed by atoms with Crippen molar-refractivity contribution in [1.82, 2.24) is 24.5 Å². The van der Waals surface area contributed by atoms with Crippen LogP contribution in [-0.4, -0.2) is 76.4 Å². The van der Waals surface area contributed by atoms with E-state index in [1.54, 1.807) is 23.7 Å². The van der Waals surface area contributed by atoms with Crippen LogP contribution in [0.2, 0.25) is 0 Å². The highest BCUT2D eigenvalue weighted by Crippen LogP contribution is 2.33. The van der Waals surface area contributed by atoms with Gasteiger partial charge in [0.25, 0.3) is 0 Å². The number of thioether (sulfide) groups is 1. The average Bonchev–Trinajstić information content (AvgIpc) is 3.31. The fraction of sp³-hybridized carbons (Fsp3) is 0.409. The second-order valence-electron chi connectivity index (χ2n) is 6.92. The summed E-state index contributed by atoms with van der Waals surface area (Å²) >= 11 is 3.54.